The summed E-state index contributed by atoms with van der Waals surface area (Å²) in [5.41, 5.74) is 0.313. The molecule has 2 aromatic rings. The molecule has 0 unspecified atom stereocenters. The Labute approximate surface area is 163 Å². The van der Waals surface area contributed by atoms with Crippen LogP contribution in [0, 0.1) is 0 Å². The maximum absolute atomic E-state index is 12.3. The summed E-state index contributed by atoms with van der Waals surface area (Å²) < 4.78 is 41.7. The van der Waals surface area contributed by atoms with Gasteiger partial charge in [-0.05, 0) is 36.4 Å². The number of methoxy groups -OCH3 is 2. The summed E-state index contributed by atoms with van der Waals surface area (Å²) in [6, 6.07) is 9.98. The molecule has 0 aromatic heterocycles. The number of benzene rings is 2. The van der Waals surface area contributed by atoms with E-state index >= 15 is 0 Å². The van der Waals surface area contributed by atoms with E-state index in [1.54, 1.807) is 13.0 Å². The minimum Gasteiger partial charge on any atom is -0.493 e. The van der Waals surface area contributed by atoms with Gasteiger partial charge in [-0.3, -0.25) is 4.79 Å². The lowest BCUT2D eigenvalue weighted by atomic mass is 10.1. The topological polar surface area (TPSA) is 108 Å². The first-order chi connectivity index (χ1) is 13.3. The van der Waals surface area contributed by atoms with E-state index in [1.807, 2.05) is 0 Å². The number of esters is 1. The Bertz CT molecular complexity index is 970. The molecule has 0 fully saturated rings. The standard InChI is InChI=1S/C19H21NO7S/c1-4-20-28(23,24)15-7-5-6-14(10-15)19(22)27-12-16(21)13-8-9-17(25-2)18(11-13)26-3/h5-11,20H,4,12H2,1-3H3. The Kier molecular flexibility index (Phi) is 7.13. The van der Waals surface area contributed by atoms with Gasteiger partial charge in [0.05, 0.1) is 24.7 Å². The van der Waals surface area contributed by atoms with Gasteiger partial charge in [-0.25, -0.2) is 17.9 Å². The maximum Gasteiger partial charge on any atom is 0.338 e. The van der Waals surface area contributed by atoms with E-state index < -0.39 is 28.4 Å². The molecule has 0 heterocycles. The van der Waals surface area contributed by atoms with Gasteiger partial charge in [0.2, 0.25) is 10.0 Å². The molecular formula is C19H21NO7S. The normalized spacial score (nSPS) is 11.0. The molecule has 2 aromatic carbocycles. The Balaban J connectivity index is 2.09. The SMILES string of the molecule is CCNS(=O)(=O)c1cccc(C(=O)OCC(=O)c2ccc(OC)c(OC)c2)c1. The van der Waals surface area contributed by atoms with Gasteiger partial charge >= 0.3 is 5.97 Å². The van der Waals surface area contributed by atoms with Crippen molar-refractivity contribution in [3.63, 3.8) is 0 Å². The largest absolute Gasteiger partial charge is 0.493 e. The van der Waals surface area contributed by atoms with Crippen molar-refractivity contribution < 1.29 is 32.2 Å². The minimum atomic E-state index is -3.71. The third kappa shape index (κ3) is 5.08. The second kappa shape index (κ2) is 9.34. The van der Waals surface area contributed by atoms with Crippen molar-refractivity contribution in [3.05, 3.63) is 53.6 Å². The molecule has 2 rings (SSSR count). The molecule has 0 bridgehead atoms. The highest BCUT2D eigenvalue weighted by molar-refractivity contribution is 7.89. The van der Waals surface area contributed by atoms with Crippen molar-refractivity contribution in [1.82, 2.24) is 4.72 Å². The van der Waals surface area contributed by atoms with Crippen molar-refractivity contribution in [2.24, 2.45) is 0 Å². The average Bonchev–Trinajstić information content (AvgIpc) is 2.71. The Morgan fingerprint density at radius 2 is 1.68 bits per heavy atom. The van der Waals surface area contributed by atoms with E-state index in [4.69, 9.17) is 14.2 Å². The second-order valence-electron chi connectivity index (χ2n) is 5.60. The fraction of sp³-hybridized carbons (Fsp3) is 0.263. The number of carbonyl (C=O) groups is 2. The van der Waals surface area contributed by atoms with Crippen molar-refractivity contribution in [3.8, 4) is 11.5 Å². The summed E-state index contributed by atoms with van der Waals surface area (Å²) in [5.74, 6) is -0.399. The van der Waals surface area contributed by atoms with Crippen LogP contribution in [0.4, 0.5) is 0 Å². The molecule has 0 aliphatic heterocycles. The van der Waals surface area contributed by atoms with Crippen LogP contribution in [0.25, 0.3) is 0 Å². The summed E-state index contributed by atoms with van der Waals surface area (Å²) in [7, 11) is -0.783. The lowest BCUT2D eigenvalue weighted by Gasteiger charge is -2.10. The number of ketones is 1. The van der Waals surface area contributed by atoms with Crippen LogP contribution in [0.15, 0.2) is 47.4 Å². The summed E-state index contributed by atoms with van der Waals surface area (Å²) in [6.07, 6.45) is 0. The van der Waals surface area contributed by atoms with Crippen molar-refractivity contribution in [2.75, 3.05) is 27.4 Å². The number of hydrogen-bond acceptors (Lipinski definition) is 7. The minimum absolute atomic E-state index is 0.0269. The van der Waals surface area contributed by atoms with Crippen molar-refractivity contribution in [2.45, 2.75) is 11.8 Å². The fourth-order valence-electron chi connectivity index (χ4n) is 2.37. The molecular weight excluding hydrogens is 386 g/mol. The molecule has 9 heteroatoms. The lowest BCUT2D eigenvalue weighted by Crippen LogP contribution is -2.23. The van der Waals surface area contributed by atoms with Crippen LogP contribution in [0.5, 0.6) is 11.5 Å². The predicted octanol–water partition coefficient (Wildman–Crippen LogP) is 2.04. The number of rotatable bonds is 9. The molecule has 0 atom stereocenters. The summed E-state index contributed by atoms with van der Waals surface area (Å²) in [5, 5.41) is 0. The number of nitrogens with one attached hydrogen (secondary N) is 1. The van der Waals surface area contributed by atoms with Gasteiger partial charge in [-0.1, -0.05) is 13.0 Å². The maximum atomic E-state index is 12.3. The molecule has 1 N–H and O–H groups in total. The third-order valence-corrected chi connectivity index (χ3v) is 5.30. The molecule has 150 valence electrons. The highest BCUT2D eigenvalue weighted by Gasteiger charge is 2.17. The predicted molar refractivity (Wildman–Crippen MR) is 101 cm³/mol. The average molecular weight is 407 g/mol. The third-order valence-electron chi connectivity index (χ3n) is 3.75. The van der Waals surface area contributed by atoms with Crippen LogP contribution in [0.1, 0.15) is 27.6 Å². The first-order valence-corrected chi connectivity index (χ1v) is 9.82. The lowest BCUT2D eigenvalue weighted by molar-refractivity contribution is 0.0474. The highest BCUT2D eigenvalue weighted by Crippen LogP contribution is 2.27. The number of Topliss-reactive ketones (excluding diaryl/α,β-unsaturated/α-hetero) is 1. The first-order valence-electron chi connectivity index (χ1n) is 8.34. The van der Waals surface area contributed by atoms with Crippen LogP contribution in [-0.4, -0.2) is 47.5 Å². The molecule has 0 aliphatic rings. The van der Waals surface area contributed by atoms with Crippen molar-refractivity contribution >= 4 is 21.8 Å². The van der Waals surface area contributed by atoms with Gasteiger partial charge in [0.15, 0.2) is 23.9 Å². The van der Waals surface area contributed by atoms with Crippen LogP contribution in [0.2, 0.25) is 0 Å². The Morgan fingerprint density at radius 1 is 0.964 bits per heavy atom. The fourth-order valence-corrected chi connectivity index (χ4v) is 3.46. The zero-order valence-corrected chi connectivity index (χ0v) is 16.5. The molecule has 0 spiro atoms. The van der Waals surface area contributed by atoms with Crippen molar-refractivity contribution in [1.29, 1.82) is 0 Å². The number of hydrogen-bond donors (Lipinski definition) is 1. The molecule has 0 radical (unpaired) electrons. The molecule has 0 saturated carbocycles. The quantitative estimate of drug-likeness (QED) is 0.500. The van der Waals surface area contributed by atoms with E-state index in [0.29, 0.717) is 11.5 Å². The monoisotopic (exact) mass is 407 g/mol. The van der Waals surface area contributed by atoms with Gasteiger partial charge in [0.1, 0.15) is 0 Å². The molecule has 0 amide bonds. The molecule has 28 heavy (non-hydrogen) atoms. The molecule has 8 nitrogen and oxygen atoms in total. The number of ether oxygens (including phenoxy) is 3. The molecule has 0 aliphatic carbocycles. The van der Waals surface area contributed by atoms with Crippen LogP contribution in [-0.2, 0) is 14.8 Å². The van der Waals surface area contributed by atoms with Crippen LogP contribution >= 0.6 is 0 Å². The van der Waals surface area contributed by atoms with Gasteiger partial charge in [-0.2, -0.15) is 0 Å². The summed E-state index contributed by atoms with van der Waals surface area (Å²) in [4.78, 5) is 24.4. The van der Waals surface area contributed by atoms with E-state index in [1.165, 1.54) is 50.6 Å². The highest BCUT2D eigenvalue weighted by atomic mass is 32.2. The van der Waals surface area contributed by atoms with E-state index in [9.17, 15) is 18.0 Å². The first kappa shape index (κ1) is 21.4. The van der Waals surface area contributed by atoms with Crippen LogP contribution < -0.4 is 14.2 Å². The van der Waals surface area contributed by atoms with E-state index in [2.05, 4.69) is 4.72 Å². The van der Waals surface area contributed by atoms with Gasteiger partial charge < -0.3 is 14.2 Å². The van der Waals surface area contributed by atoms with E-state index in [-0.39, 0.29) is 22.6 Å². The van der Waals surface area contributed by atoms with E-state index in [0.717, 1.165) is 0 Å². The Hall–Kier alpha value is -2.91. The Morgan fingerprint density at radius 3 is 2.32 bits per heavy atom. The number of sulfonamides is 1. The second-order valence-corrected chi connectivity index (χ2v) is 7.37. The smallest absolute Gasteiger partial charge is 0.338 e. The molecule has 0 saturated heterocycles. The van der Waals surface area contributed by atoms with Gasteiger partial charge in [0.25, 0.3) is 0 Å². The van der Waals surface area contributed by atoms with Gasteiger partial charge in [0, 0.05) is 12.1 Å². The zero-order chi connectivity index (χ0) is 20.7. The van der Waals surface area contributed by atoms with Gasteiger partial charge in [-0.15, -0.1) is 0 Å². The summed E-state index contributed by atoms with van der Waals surface area (Å²) in [6.45, 7) is 1.37. The zero-order valence-electron chi connectivity index (χ0n) is 15.7. The number of carbonyl (C=O) groups excluding carboxylic acids is 2. The van der Waals surface area contributed by atoms with Crippen LogP contribution in [0.3, 0.4) is 0 Å². The summed E-state index contributed by atoms with van der Waals surface area (Å²) >= 11 is 0.